The first-order chi connectivity index (χ1) is 11.3. The quantitative estimate of drug-likeness (QED) is 0.880. The maximum Gasteiger partial charge on any atom is 0.273 e. The molecule has 6 heteroatoms. The molecule has 0 radical (unpaired) electrons. The number of carbonyl (C=O) groups is 1. The van der Waals surface area contributed by atoms with Gasteiger partial charge in [0.05, 0.1) is 12.6 Å². The second-order valence-corrected chi connectivity index (χ2v) is 6.52. The van der Waals surface area contributed by atoms with E-state index < -0.39 is 0 Å². The van der Waals surface area contributed by atoms with Gasteiger partial charge in [-0.1, -0.05) is 30.3 Å². The van der Waals surface area contributed by atoms with Gasteiger partial charge in [0, 0.05) is 25.1 Å². The number of amides is 1. The zero-order valence-corrected chi connectivity index (χ0v) is 13.8. The number of benzene rings is 1. The summed E-state index contributed by atoms with van der Waals surface area (Å²) < 4.78 is 5.47. The number of nitrogens with two attached hydrogens (primary N) is 1. The summed E-state index contributed by atoms with van der Waals surface area (Å²) in [5.41, 5.74) is 7.32. The fraction of sp³-hybridized carbons (Fsp3) is 0.412. The molecule has 3 rings (SSSR count). The van der Waals surface area contributed by atoms with Crippen molar-refractivity contribution in [2.45, 2.75) is 25.4 Å². The second kappa shape index (κ2) is 7.68. The van der Waals surface area contributed by atoms with E-state index >= 15 is 0 Å². The van der Waals surface area contributed by atoms with Gasteiger partial charge in [0.2, 0.25) is 0 Å². The first-order valence-corrected chi connectivity index (χ1v) is 8.73. The highest BCUT2D eigenvalue weighted by molar-refractivity contribution is 7.09. The van der Waals surface area contributed by atoms with E-state index in [2.05, 4.69) is 17.1 Å². The van der Waals surface area contributed by atoms with Crippen LogP contribution in [0.2, 0.25) is 0 Å². The Balaban J connectivity index is 1.73. The van der Waals surface area contributed by atoms with Crippen LogP contribution in [0.15, 0.2) is 35.7 Å². The first-order valence-electron chi connectivity index (χ1n) is 7.85. The number of nitrogens with zero attached hydrogens (tertiary/aromatic N) is 2. The Morgan fingerprint density at radius 3 is 2.87 bits per heavy atom. The molecule has 1 aromatic carbocycles. The fourth-order valence-electron chi connectivity index (χ4n) is 2.76. The van der Waals surface area contributed by atoms with E-state index in [1.807, 2.05) is 23.1 Å². The molecule has 122 valence electrons. The standard InChI is InChI=1S/C17H21N3O2S/c18-10-16-19-15(12-23-16)17(21)20(14-7-9-22-11-14)8-6-13-4-2-1-3-5-13/h1-5,12,14H,6-11,18H2. The average Bonchev–Trinajstić information content (AvgIpc) is 3.27. The van der Waals surface area contributed by atoms with Crippen molar-refractivity contribution in [2.75, 3.05) is 19.8 Å². The number of carbonyl (C=O) groups excluding carboxylic acids is 1. The number of aromatic nitrogens is 1. The van der Waals surface area contributed by atoms with Crippen LogP contribution in [0.3, 0.4) is 0 Å². The molecule has 1 unspecified atom stereocenters. The smallest absolute Gasteiger partial charge is 0.273 e. The third-order valence-electron chi connectivity index (χ3n) is 4.04. The highest BCUT2D eigenvalue weighted by Crippen LogP contribution is 2.18. The molecular weight excluding hydrogens is 310 g/mol. The molecule has 2 aromatic rings. The van der Waals surface area contributed by atoms with Crippen LogP contribution in [0.5, 0.6) is 0 Å². The van der Waals surface area contributed by atoms with Gasteiger partial charge >= 0.3 is 0 Å². The Kier molecular flexibility index (Phi) is 5.38. The normalized spacial score (nSPS) is 17.3. The number of rotatable bonds is 6. The monoisotopic (exact) mass is 331 g/mol. The third-order valence-corrected chi connectivity index (χ3v) is 4.91. The number of hydrogen-bond donors (Lipinski definition) is 1. The minimum absolute atomic E-state index is 0.0209. The lowest BCUT2D eigenvalue weighted by Crippen LogP contribution is -2.42. The topological polar surface area (TPSA) is 68.5 Å². The lowest BCUT2D eigenvalue weighted by atomic mass is 10.1. The number of thiazole rings is 1. The van der Waals surface area contributed by atoms with E-state index in [0.29, 0.717) is 32.0 Å². The Morgan fingerprint density at radius 2 is 2.22 bits per heavy atom. The second-order valence-electron chi connectivity index (χ2n) is 5.58. The number of hydrogen-bond acceptors (Lipinski definition) is 5. The lowest BCUT2D eigenvalue weighted by molar-refractivity contribution is 0.0651. The molecule has 0 bridgehead atoms. The van der Waals surface area contributed by atoms with Gasteiger partial charge in [-0.2, -0.15) is 0 Å². The van der Waals surface area contributed by atoms with Crippen molar-refractivity contribution in [2.24, 2.45) is 5.73 Å². The van der Waals surface area contributed by atoms with Crippen molar-refractivity contribution < 1.29 is 9.53 Å². The molecular formula is C17H21N3O2S. The van der Waals surface area contributed by atoms with Crippen LogP contribution in [0.1, 0.15) is 27.5 Å². The summed E-state index contributed by atoms with van der Waals surface area (Å²) in [5, 5.41) is 2.59. The molecule has 1 amide bonds. The molecule has 1 atom stereocenters. The van der Waals surface area contributed by atoms with E-state index in [1.54, 1.807) is 5.38 Å². The SMILES string of the molecule is NCc1nc(C(=O)N(CCc2ccccc2)C2CCOC2)cs1. The van der Waals surface area contributed by atoms with Gasteiger partial charge in [0.15, 0.2) is 0 Å². The minimum Gasteiger partial charge on any atom is -0.379 e. The van der Waals surface area contributed by atoms with Crippen molar-refractivity contribution in [1.82, 2.24) is 9.88 Å². The molecule has 1 fully saturated rings. The van der Waals surface area contributed by atoms with Crippen molar-refractivity contribution in [3.8, 4) is 0 Å². The van der Waals surface area contributed by atoms with Crippen molar-refractivity contribution in [3.05, 3.63) is 52.0 Å². The van der Waals surface area contributed by atoms with Crippen LogP contribution in [-0.4, -0.2) is 41.6 Å². The largest absolute Gasteiger partial charge is 0.379 e. The molecule has 2 N–H and O–H groups in total. The maximum atomic E-state index is 12.9. The molecule has 0 aliphatic carbocycles. The van der Waals surface area contributed by atoms with Gasteiger partial charge in [0.1, 0.15) is 10.7 Å². The average molecular weight is 331 g/mol. The lowest BCUT2D eigenvalue weighted by Gasteiger charge is -2.27. The summed E-state index contributed by atoms with van der Waals surface area (Å²) in [6.45, 7) is 2.36. The van der Waals surface area contributed by atoms with Crippen LogP contribution in [-0.2, 0) is 17.7 Å². The van der Waals surface area contributed by atoms with Crippen LogP contribution in [0, 0.1) is 0 Å². The highest BCUT2D eigenvalue weighted by Gasteiger charge is 2.29. The highest BCUT2D eigenvalue weighted by atomic mass is 32.1. The Bertz CT molecular complexity index is 638. The van der Waals surface area contributed by atoms with Gasteiger partial charge < -0.3 is 15.4 Å². The van der Waals surface area contributed by atoms with Gasteiger partial charge in [0.25, 0.3) is 5.91 Å². The predicted octanol–water partition coefficient (Wildman–Crippen LogP) is 2.08. The zero-order chi connectivity index (χ0) is 16.1. The summed E-state index contributed by atoms with van der Waals surface area (Å²) >= 11 is 1.44. The summed E-state index contributed by atoms with van der Waals surface area (Å²) in [5.74, 6) is -0.0209. The number of ether oxygens (including phenoxy) is 1. The van der Waals surface area contributed by atoms with Gasteiger partial charge in [-0.05, 0) is 18.4 Å². The maximum absolute atomic E-state index is 12.9. The summed E-state index contributed by atoms with van der Waals surface area (Å²) in [6, 6.07) is 10.4. The first kappa shape index (κ1) is 16.1. The molecule has 1 aliphatic heterocycles. The Morgan fingerprint density at radius 1 is 1.39 bits per heavy atom. The molecule has 0 spiro atoms. The fourth-order valence-corrected chi connectivity index (χ4v) is 3.41. The third kappa shape index (κ3) is 3.96. The van der Waals surface area contributed by atoms with E-state index in [4.69, 9.17) is 10.5 Å². The van der Waals surface area contributed by atoms with Crippen LogP contribution in [0.4, 0.5) is 0 Å². The van der Waals surface area contributed by atoms with E-state index in [1.165, 1.54) is 16.9 Å². The van der Waals surface area contributed by atoms with Crippen molar-refractivity contribution in [3.63, 3.8) is 0 Å². The van der Waals surface area contributed by atoms with Gasteiger partial charge in [-0.25, -0.2) is 4.98 Å². The molecule has 2 heterocycles. The zero-order valence-electron chi connectivity index (χ0n) is 13.0. The van der Waals surface area contributed by atoms with Crippen molar-refractivity contribution in [1.29, 1.82) is 0 Å². The summed E-state index contributed by atoms with van der Waals surface area (Å²) in [7, 11) is 0. The van der Waals surface area contributed by atoms with Gasteiger partial charge in [-0.3, -0.25) is 4.79 Å². The van der Waals surface area contributed by atoms with E-state index in [-0.39, 0.29) is 11.9 Å². The van der Waals surface area contributed by atoms with Gasteiger partial charge in [-0.15, -0.1) is 11.3 Å². The molecule has 1 aromatic heterocycles. The van der Waals surface area contributed by atoms with Crippen LogP contribution in [0.25, 0.3) is 0 Å². The molecule has 23 heavy (non-hydrogen) atoms. The molecule has 1 saturated heterocycles. The van der Waals surface area contributed by atoms with Crippen LogP contribution >= 0.6 is 11.3 Å². The van der Waals surface area contributed by atoms with Crippen LogP contribution < -0.4 is 5.73 Å². The molecule has 5 nitrogen and oxygen atoms in total. The van der Waals surface area contributed by atoms with E-state index in [0.717, 1.165) is 17.8 Å². The summed E-state index contributed by atoms with van der Waals surface area (Å²) in [6.07, 6.45) is 1.71. The molecule has 1 aliphatic rings. The Hall–Kier alpha value is -1.76. The molecule has 0 saturated carbocycles. The summed E-state index contributed by atoms with van der Waals surface area (Å²) in [4.78, 5) is 19.1. The minimum atomic E-state index is -0.0209. The predicted molar refractivity (Wildman–Crippen MR) is 90.4 cm³/mol. The Labute approximate surface area is 140 Å². The van der Waals surface area contributed by atoms with E-state index in [9.17, 15) is 4.79 Å². The van der Waals surface area contributed by atoms with Crippen molar-refractivity contribution >= 4 is 17.2 Å².